The maximum Gasteiger partial charge on any atom is 0.257 e. The van der Waals surface area contributed by atoms with Crippen LogP contribution in [-0.4, -0.2) is 10.9 Å². The molecule has 1 N–H and O–H groups in total. The number of amides is 1. The normalized spacial score (nSPS) is 12.7. The van der Waals surface area contributed by atoms with E-state index in [1.165, 1.54) is 35.9 Å². The molecule has 124 valence electrons. The van der Waals surface area contributed by atoms with Crippen LogP contribution in [0.3, 0.4) is 0 Å². The molecule has 3 nitrogen and oxygen atoms in total. The summed E-state index contributed by atoms with van der Waals surface area (Å²) in [5, 5.41) is 2.92. The maximum absolute atomic E-state index is 13.3. The van der Waals surface area contributed by atoms with Crippen molar-refractivity contribution in [1.29, 1.82) is 0 Å². The van der Waals surface area contributed by atoms with Gasteiger partial charge in [-0.2, -0.15) is 0 Å². The fourth-order valence-corrected chi connectivity index (χ4v) is 3.20. The average Bonchev–Trinajstić information content (AvgIpc) is 3.09. The molecule has 0 saturated carbocycles. The Kier molecular flexibility index (Phi) is 4.02. The van der Waals surface area contributed by atoms with Crippen LogP contribution in [0.25, 0.3) is 11.3 Å². The highest BCUT2D eigenvalue weighted by atomic mass is 19.1. The predicted octanol–water partition coefficient (Wildman–Crippen LogP) is 4.63. The van der Waals surface area contributed by atoms with Crippen LogP contribution in [0, 0.1) is 5.82 Å². The van der Waals surface area contributed by atoms with Gasteiger partial charge in [0.15, 0.2) is 0 Å². The van der Waals surface area contributed by atoms with Crippen molar-refractivity contribution in [2.75, 3.05) is 5.32 Å². The van der Waals surface area contributed by atoms with Gasteiger partial charge in [-0.25, -0.2) is 4.39 Å². The molecular formula is C21H17FN2O. The molecule has 4 rings (SSSR count). The number of nitrogens with zero attached hydrogens (tertiary/aromatic N) is 1. The van der Waals surface area contributed by atoms with Crippen LogP contribution in [-0.2, 0) is 12.8 Å². The number of hydrogen-bond acceptors (Lipinski definition) is 2. The molecule has 1 aromatic heterocycles. The third-order valence-corrected chi connectivity index (χ3v) is 4.50. The van der Waals surface area contributed by atoms with Crippen molar-refractivity contribution < 1.29 is 9.18 Å². The molecule has 0 fully saturated rings. The lowest BCUT2D eigenvalue weighted by Gasteiger charge is -2.08. The highest BCUT2D eigenvalue weighted by Gasteiger charge is 2.13. The molecule has 1 heterocycles. The van der Waals surface area contributed by atoms with Gasteiger partial charge in [0.05, 0.1) is 11.3 Å². The number of benzene rings is 2. The van der Waals surface area contributed by atoms with E-state index in [4.69, 9.17) is 0 Å². The third kappa shape index (κ3) is 3.29. The summed E-state index contributed by atoms with van der Waals surface area (Å²) < 4.78 is 13.3. The summed E-state index contributed by atoms with van der Waals surface area (Å²) in [4.78, 5) is 16.7. The maximum atomic E-state index is 13.3. The minimum atomic E-state index is -0.308. The molecule has 1 amide bonds. The van der Waals surface area contributed by atoms with Crippen LogP contribution in [0.4, 0.5) is 10.1 Å². The zero-order valence-electron chi connectivity index (χ0n) is 13.6. The highest BCUT2D eigenvalue weighted by molar-refractivity contribution is 6.04. The van der Waals surface area contributed by atoms with E-state index in [0.29, 0.717) is 16.8 Å². The quantitative estimate of drug-likeness (QED) is 0.760. The van der Waals surface area contributed by atoms with E-state index in [1.807, 2.05) is 6.07 Å². The van der Waals surface area contributed by atoms with Gasteiger partial charge >= 0.3 is 0 Å². The average molecular weight is 332 g/mol. The fraction of sp³-hybridized carbons (Fsp3) is 0.143. The first kappa shape index (κ1) is 15.5. The first-order valence-corrected chi connectivity index (χ1v) is 8.34. The van der Waals surface area contributed by atoms with Crippen LogP contribution in [0.15, 0.2) is 60.8 Å². The van der Waals surface area contributed by atoms with Crippen LogP contribution < -0.4 is 5.32 Å². The van der Waals surface area contributed by atoms with Crippen molar-refractivity contribution in [2.24, 2.45) is 0 Å². The van der Waals surface area contributed by atoms with Crippen molar-refractivity contribution >= 4 is 11.6 Å². The van der Waals surface area contributed by atoms with Gasteiger partial charge in [0.25, 0.3) is 5.91 Å². The summed E-state index contributed by atoms with van der Waals surface area (Å²) in [6.07, 6.45) is 4.89. The summed E-state index contributed by atoms with van der Waals surface area (Å²) in [5.41, 5.74) is 5.29. The molecule has 0 radical (unpaired) electrons. The molecule has 0 spiro atoms. The number of carbonyl (C=O) groups is 1. The Morgan fingerprint density at radius 3 is 2.68 bits per heavy atom. The Hall–Kier alpha value is -3.01. The molecule has 1 aliphatic rings. The molecule has 4 heteroatoms. The van der Waals surface area contributed by atoms with E-state index in [9.17, 15) is 9.18 Å². The SMILES string of the molecule is O=C(Nc1ccc2c(c1)CCC2)c1ccc(-c2cccc(F)c2)nc1. The number of hydrogen-bond donors (Lipinski definition) is 1. The molecule has 25 heavy (non-hydrogen) atoms. The topological polar surface area (TPSA) is 42.0 Å². The van der Waals surface area contributed by atoms with E-state index in [-0.39, 0.29) is 11.7 Å². The number of fused-ring (bicyclic) bond motifs is 1. The minimum Gasteiger partial charge on any atom is -0.322 e. The van der Waals surface area contributed by atoms with E-state index in [0.717, 1.165) is 18.5 Å². The second-order valence-corrected chi connectivity index (χ2v) is 6.23. The van der Waals surface area contributed by atoms with Crippen LogP contribution >= 0.6 is 0 Å². The first-order chi connectivity index (χ1) is 12.2. The van der Waals surface area contributed by atoms with Crippen molar-refractivity contribution in [3.63, 3.8) is 0 Å². The van der Waals surface area contributed by atoms with Gasteiger partial charge in [-0.05, 0) is 66.8 Å². The van der Waals surface area contributed by atoms with Crippen molar-refractivity contribution in [3.8, 4) is 11.3 Å². The number of carbonyl (C=O) groups excluding carboxylic acids is 1. The number of anilines is 1. The van der Waals surface area contributed by atoms with E-state index in [2.05, 4.69) is 22.4 Å². The lowest BCUT2D eigenvalue weighted by Crippen LogP contribution is -2.12. The predicted molar refractivity (Wildman–Crippen MR) is 96.1 cm³/mol. The monoisotopic (exact) mass is 332 g/mol. The van der Waals surface area contributed by atoms with Gasteiger partial charge in [0.1, 0.15) is 5.82 Å². The zero-order valence-corrected chi connectivity index (χ0v) is 13.6. The lowest BCUT2D eigenvalue weighted by atomic mass is 10.1. The number of halogens is 1. The fourth-order valence-electron chi connectivity index (χ4n) is 3.20. The Balaban J connectivity index is 1.51. The molecule has 0 bridgehead atoms. The summed E-state index contributed by atoms with van der Waals surface area (Å²) in [5.74, 6) is -0.506. The van der Waals surface area contributed by atoms with E-state index >= 15 is 0 Å². The molecule has 0 saturated heterocycles. The van der Waals surface area contributed by atoms with E-state index < -0.39 is 0 Å². The molecule has 3 aromatic rings. The highest BCUT2D eigenvalue weighted by Crippen LogP contribution is 2.25. The number of rotatable bonds is 3. The number of aromatic nitrogens is 1. The second kappa shape index (κ2) is 6.48. The van der Waals surface area contributed by atoms with Gasteiger partial charge in [0.2, 0.25) is 0 Å². The van der Waals surface area contributed by atoms with Crippen LogP contribution in [0.5, 0.6) is 0 Å². The van der Waals surface area contributed by atoms with Gasteiger partial charge < -0.3 is 5.32 Å². The Morgan fingerprint density at radius 1 is 1.00 bits per heavy atom. The molecular weight excluding hydrogens is 315 g/mol. The largest absolute Gasteiger partial charge is 0.322 e. The summed E-state index contributed by atoms with van der Waals surface area (Å²) in [6.45, 7) is 0. The summed E-state index contributed by atoms with van der Waals surface area (Å²) >= 11 is 0. The van der Waals surface area contributed by atoms with E-state index in [1.54, 1.807) is 24.3 Å². The Bertz CT molecular complexity index is 935. The second-order valence-electron chi connectivity index (χ2n) is 6.23. The Labute approximate surface area is 145 Å². The molecule has 0 aliphatic heterocycles. The lowest BCUT2D eigenvalue weighted by molar-refractivity contribution is 0.102. The third-order valence-electron chi connectivity index (χ3n) is 4.50. The zero-order chi connectivity index (χ0) is 17.2. The number of aryl methyl sites for hydroxylation is 2. The summed E-state index contributed by atoms with van der Waals surface area (Å²) in [7, 11) is 0. The first-order valence-electron chi connectivity index (χ1n) is 8.34. The number of nitrogens with one attached hydrogen (secondary N) is 1. The molecule has 0 atom stereocenters. The minimum absolute atomic E-state index is 0.198. The van der Waals surface area contributed by atoms with Crippen LogP contribution in [0.1, 0.15) is 27.9 Å². The van der Waals surface area contributed by atoms with Gasteiger partial charge in [-0.1, -0.05) is 18.2 Å². The molecule has 0 unspecified atom stereocenters. The number of pyridine rings is 1. The van der Waals surface area contributed by atoms with Gasteiger partial charge in [0, 0.05) is 17.4 Å². The van der Waals surface area contributed by atoms with Crippen molar-refractivity contribution in [2.45, 2.75) is 19.3 Å². The molecule has 1 aliphatic carbocycles. The molecule has 2 aromatic carbocycles. The van der Waals surface area contributed by atoms with Gasteiger partial charge in [-0.15, -0.1) is 0 Å². The Morgan fingerprint density at radius 2 is 1.88 bits per heavy atom. The van der Waals surface area contributed by atoms with Crippen molar-refractivity contribution in [3.05, 3.63) is 83.3 Å². The van der Waals surface area contributed by atoms with Crippen molar-refractivity contribution in [1.82, 2.24) is 4.98 Å². The van der Waals surface area contributed by atoms with Gasteiger partial charge in [-0.3, -0.25) is 9.78 Å². The standard InChI is InChI=1S/C21H17FN2O/c22-18-6-2-5-16(11-18)20-10-8-17(13-23-20)21(25)24-19-9-7-14-3-1-4-15(14)12-19/h2,5-13H,1,3-4H2,(H,24,25). The smallest absolute Gasteiger partial charge is 0.257 e. The van der Waals surface area contributed by atoms with Crippen LogP contribution in [0.2, 0.25) is 0 Å². The summed E-state index contributed by atoms with van der Waals surface area (Å²) in [6, 6.07) is 15.8.